The summed E-state index contributed by atoms with van der Waals surface area (Å²) in [4.78, 5) is 34.3. The van der Waals surface area contributed by atoms with Crippen LogP contribution >= 0.6 is 0 Å². The fourth-order valence-electron chi connectivity index (χ4n) is 4.91. The molecule has 3 aromatic heterocycles. The van der Waals surface area contributed by atoms with Gasteiger partial charge in [0.25, 0.3) is 0 Å². The van der Waals surface area contributed by atoms with E-state index in [0.29, 0.717) is 18.7 Å². The Morgan fingerprint density at radius 1 is 1.06 bits per heavy atom. The zero-order valence-electron chi connectivity index (χ0n) is 21.0. The fourth-order valence-corrected chi connectivity index (χ4v) is 4.91. The molecule has 0 unspecified atom stereocenters. The molecule has 0 radical (unpaired) electrons. The molecule has 5 rings (SSSR count). The number of aromatic nitrogens is 4. The molecule has 0 atom stereocenters. The van der Waals surface area contributed by atoms with E-state index in [1.165, 1.54) is 0 Å². The molecule has 1 amide bonds. The zero-order chi connectivity index (χ0) is 25.6. The summed E-state index contributed by atoms with van der Waals surface area (Å²) in [6, 6.07) is 9.61. The van der Waals surface area contributed by atoms with Crippen molar-refractivity contribution >= 4 is 33.8 Å². The minimum atomic E-state index is -0.593. The second-order valence-corrected chi connectivity index (χ2v) is 10.5. The lowest BCUT2D eigenvalue weighted by Gasteiger charge is -2.26. The van der Waals surface area contributed by atoms with Gasteiger partial charge in [0.15, 0.2) is 0 Å². The fraction of sp³-hybridized carbons (Fsp3) is 0.407. The highest BCUT2D eigenvalue weighted by Gasteiger charge is 2.26. The quantitative estimate of drug-likeness (QED) is 0.429. The molecular weight excluding hydrogens is 458 g/mol. The number of carbonyl (C=O) groups excluding carboxylic acids is 1. The molecule has 2 N–H and O–H groups in total. The van der Waals surface area contributed by atoms with Crippen molar-refractivity contribution in [1.82, 2.24) is 19.1 Å². The number of nitrogens with zero attached hydrogens (tertiary/aromatic N) is 4. The van der Waals surface area contributed by atoms with Crippen molar-refractivity contribution < 1.29 is 14.6 Å². The van der Waals surface area contributed by atoms with E-state index in [4.69, 9.17) is 4.74 Å². The Kier molecular flexibility index (Phi) is 6.04. The highest BCUT2D eigenvalue weighted by atomic mass is 16.6. The van der Waals surface area contributed by atoms with Gasteiger partial charge in [-0.1, -0.05) is 6.07 Å². The summed E-state index contributed by atoms with van der Waals surface area (Å²) < 4.78 is 8.82. The molecule has 0 saturated heterocycles. The number of ether oxygens (including phenoxy) is 1. The predicted molar refractivity (Wildman–Crippen MR) is 139 cm³/mol. The number of aliphatic hydroxyl groups is 1. The number of imidazole rings is 1. The van der Waals surface area contributed by atoms with E-state index in [1.54, 1.807) is 50.8 Å². The molecule has 4 aromatic rings. The van der Waals surface area contributed by atoms with Crippen molar-refractivity contribution in [1.29, 1.82) is 0 Å². The first-order valence-electron chi connectivity index (χ1n) is 12.2. The van der Waals surface area contributed by atoms with Gasteiger partial charge in [0.05, 0.1) is 28.9 Å². The summed E-state index contributed by atoms with van der Waals surface area (Å²) >= 11 is 0. The molecule has 1 saturated carbocycles. The smallest absolute Gasteiger partial charge is 0.413 e. The standard InChI is InChI=1S/C27H31N5O4/c1-27(2,3)36-25(34)30-23-12-6-17(14-29-23)16-5-11-21-20(13-16)24-22(15-28-21)31(4)26(35)32(24)18-7-9-19(33)10-8-18/h5-6,11-15,18-19,33H,7-10H2,1-4H3,(H,29,30,34). The van der Waals surface area contributed by atoms with Crippen molar-refractivity contribution in [2.24, 2.45) is 7.05 Å². The molecule has 1 aliphatic rings. The van der Waals surface area contributed by atoms with Gasteiger partial charge in [0.2, 0.25) is 0 Å². The normalized spacial score (nSPS) is 18.5. The van der Waals surface area contributed by atoms with Gasteiger partial charge in [-0.2, -0.15) is 0 Å². The number of amides is 1. The van der Waals surface area contributed by atoms with Crippen LogP contribution in [0.4, 0.5) is 10.6 Å². The van der Waals surface area contributed by atoms with Crippen LogP contribution < -0.4 is 11.0 Å². The Morgan fingerprint density at radius 3 is 2.44 bits per heavy atom. The first-order chi connectivity index (χ1) is 17.1. The van der Waals surface area contributed by atoms with E-state index < -0.39 is 11.7 Å². The van der Waals surface area contributed by atoms with E-state index in [1.807, 2.05) is 28.8 Å². The molecule has 188 valence electrons. The second kappa shape index (κ2) is 9.05. The van der Waals surface area contributed by atoms with Gasteiger partial charge in [-0.15, -0.1) is 0 Å². The lowest BCUT2D eigenvalue weighted by Crippen LogP contribution is -2.29. The molecule has 1 aliphatic carbocycles. The average molecular weight is 490 g/mol. The van der Waals surface area contributed by atoms with Crippen LogP contribution in [0.25, 0.3) is 33.1 Å². The minimum absolute atomic E-state index is 0.0405. The van der Waals surface area contributed by atoms with E-state index >= 15 is 0 Å². The lowest BCUT2D eigenvalue weighted by atomic mass is 9.92. The molecule has 1 fully saturated rings. The number of benzene rings is 1. The van der Waals surface area contributed by atoms with E-state index in [-0.39, 0.29) is 17.8 Å². The third kappa shape index (κ3) is 4.58. The highest BCUT2D eigenvalue weighted by molar-refractivity contribution is 6.04. The third-order valence-corrected chi connectivity index (χ3v) is 6.67. The van der Waals surface area contributed by atoms with Crippen molar-refractivity contribution in [3.63, 3.8) is 0 Å². The predicted octanol–water partition coefficient (Wildman–Crippen LogP) is 4.77. The van der Waals surface area contributed by atoms with Crippen molar-refractivity contribution in [2.75, 3.05) is 5.32 Å². The third-order valence-electron chi connectivity index (χ3n) is 6.67. The maximum atomic E-state index is 13.3. The second-order valence-electron chi connectivity index (χ2n) is 10.5. The number of anilines is 1. The first kappa shape index (κ1) is 24.0. The Bertz CT molecular complexity index is 1490. The van der Waals surface area contributed by atoms with Gasteiger partial charge in [-0.3, -0.25) is 19.4 Å². The van der Waals surface area contributed by atoms with Gasteiger partial charge in [-0.05, 0) is 76.3 Å². The van der Waals surface area contributed by atoms with Crippen LogP contribution in [0.3, 0.4) is 0 Å². The first-order valence-corrected chi connectivity index (χ1v) is 12.2. The Morgan fingerprint density at radius 2 is 1.78 bits per heavy atom. The molecule has 9 heteroatoms. The number of carbonyl (C=O) groups is 1. The number of rotatable bonds is 3. The molecule has 9 nitrogen and oxygen atoms in total. The summed E-state index contributed by atoms with van der Waals surface area (Å²) in [6.07, 6.45) is 5.51. The van der Waals surface area contributed by atoms with Crippen LogP contribution in [0.15, 0.2) is 47.5 Å². The summed E-state index contributed by atoms with van der Waals surface area (Å²) in [6.45, 7) is 5.41. The Hall–Kier alpha value is -3.72. The topological polar surface area (TPSA) is 111 Å². The van der Waals surface area contributed by atoms with Crippen LogP contribution in [-0.4, -0.2) is 42.0 Å². The maximum Gasteiger partial charge on any atom is 0.413 e. The number of aryl methyl sites for hydroxylation is 1. The molecule has 36 heavy (non-hydrogen) atoms. The van der Waals surface area contributed by atoms with Crippen molar-refractivity contribution in [3.05, 3.63) is 53.2 Å². The summed E-state index contributed by atoms with van der Waals surface area (Å²) in [5.41, 5.74) is 3.59. The number of fused-ring (bicyclic) bond motifs is 3. The number of hydrogen-bond acceptors (Lipinski definition) is 6. The van der Waals surface area contributed by atoms with Crippen molar-refractivity contribution in [2.45, 2.75) is 64.2 Å². The number of pyridine rings is 2. The molecule has 0 aliphatic heterocycles. The van der Waals surface area contributed by atoms with Crippen LogP contribution in [0.5, 0.6) is 0 Å². The maximum absolute atomic E-state index is 13.3. The van der Waals surface area contributed by atoms with E-state index in [0.717, 1.165) is 45.9 Å². The number of nitrogens with one attached hydrogen (secondary N) is 1. The summed E-state index contributed by atoms with van der Waals surface area (Å²) in [5, 5.41) is 13.5. The van der Waals surface area contributed by atoms with Crippen LogP contribution in [0.1, 0.15) is 52.5 Å². The van der Waals surface area contributed by atoms with E-state index in [9.17, 15) is 14.7 Å². The van der Waals surface area contributed by atoms with Crippen LogP contribution in [0.2, 0.25) is 0 Å². The molecule has 1 aromatic carbocycles. The van der Waals surface area contributed by atoms with Crippen molar-refractivity contribution in [3.8, 4) is 11.1 Å². The average Bonchev–Trinajstić information content (AvgIpc) is 3.09. The van der Waals surface area contributed by atoms with Crippen LogP contribution in [-0.2, 0) is 11.8 Å². The van der Waals surface area contributed by atoms with Gasteiger partial charge in [0, 0.05) is 30.2 Å². The minimum Gasteiger partial charge on any atom is -0.444 e. The summed E-state index contributed by atoms with van der Waals surface area (Å²) in [5.74, 6) is 0.397. The van der Waals surface area contributed by atoms with Gasteiger partial charge >= 0.3 is 11.8 Å². The molecule has 3 heterocycles. The molecule has 0 spiro atoms. The lowest BCUT2D eigenvalue weighted by molar-refractivity contribution is 0.0635. The number of hydrogen-bond donors (Lipinski definition) is 2. The van der Waals surface area contributed by atoms with E-state index in [2.05, 4.69) is 15.3 Å². The van der Waals surface area contributed by atoms with Gasteiger partial charge < -0.3 is 9.84 Å². The van der Waals surface area contributed by atoms with Crippen LogP contribution in [0, 0.1) is 0 Å². The van der Waals surface area contributed by atoms with Gasteiger partial charge in [-0.25, -0.2) is 14.6 Å². The Balaban J connectivity index is 1.53. The Labute approximate surface area is 208 Å². The number of aliphatic hydroxyl groups excluding tert-OH is 1. The van der Waals surface area contributed by atoms with Gasteiger partial charge in [0.1, 0.15) is 11.4 Å². The molecular formula is C27H31N5O4. The zero-order valence-corrected chi connectivity index (χ0v) is 21.0. The largest absolute Gasteiger partial charge is 0.444 e. The SMILES string of the molecule is Cn1c(=O)n(C2CCC(O)CC2)c2c3cc(-c4ccc(NC(=O)OC(C)(C)C)nc4)ccc3ncc21. The molecule has 0 bridgehead atoms. The highest BCUT2D eigenvalue weighted by Crippen LogP contribution is 2.34. The monoisotopic (exact) mass is 489 g/mol. The summed E-state index contributed by atoms with van der Waals surface area (Å²) in [7, 11) is 1.77.